The van der Waals surface area contributed by atoms with Crippen LogP contribution < -0.4 is 16.0 Å². The lowest BCUT2D eigenvalue weighted by Gasteiger charge is -2.15. The van der Waals surface area contributed by atoms with E-state index in [1.807, 2.05) is 13.8 Å². The first-order chi connectivity index (χ1) is 14.7. The van der Waals surface area contributed by atoms with Crippen LogP contribution in [0.5, 0.6) is 0 Å². The second-order valence-electron chi connectivity index (χ2n) is 7.27. The lowest BCUT2D eigenvalue weighted by atomic mass is 10.2. The van der Waals surface area contributed by atoms with Crippen LogP contribution >= 0.6 is 11.6 Å². The van der Waals surface area contributed by atoms with Gasteiger partial charge in [0.15, 0.2) is 17.5 Å². The van der Waals surface area contributed by atoms with Gasteiger partial charge >= 0.3 is 0 Å². The molecule has 3 heterocycles. The molecule has 0 aliphatic carbocycles. The standard InChI is InChI=1S/C20H23ClFN7O2/c1-10(2)27-16(30)4-5-23-20(31)11(3)28-19-15(22)9-26-18(29-19)14-8-25-17-13(14)6-12(21)7-24-17/h6-11H,4-5H2,1-3H3,(H,23,31)(H,24,25)(H,27,30)(H,26,28,29)/t11-/m0/s1. The molecule has 0 radical (unpaired) electrons. The number of pyridine rings is 1. The zero-order valence-electron chi connectivity index (χ0n) is 17.3. The Hall–Kier alpha value is -3.27. The number of aromatic amines is 1. The molecule has 3 aromatic heterocycles. The molecule has 3 aromatic rings. The van der Waals surface area contributed by atoms with Gasteiger partial charge in [0.25, 0.3) is 0 Å². The Labute approximate surface area is 183 Å². The molecule has 0 aliphatic rings. The highest BCUT2D eigenvalue weighted by Gasteiger charge is 2.18. The van der Waals surface area contributed by atoms with Crippen LogP contribution in [0.1, 0.15) is 27.2 Å². The third-order valence-electron chi connectivity index (χ3n) is 4.33. The Kier molecular flexibility index (Phi) is 7.01. The van der Waals surface area contributed by atoms with Gasteiger partial charge in [0.2, 0.25) is 11.8 Å². The van der Waals surface area contributed by atoms with Crippen LogP contribution in [0, 0.1) is 5.82 Å². The minimum Gasteiger partial charge on any atom is -0.356 e. The number of nitrogens with one attached hydrogen (secondary N) is 4. The van der Waals surface area contributed by atoms with Gasteiger partial charge in [0, 0.05) is 42.4 Å². The number of carbonyl (C=O) groups is 2. The summed E-state index contributed by atoms with van der Waals surface area (Å²) in [6, 6.07) is 0.952. The van der Waals surface area contributed by atoms with Gasteiger partial charge < -0.3 is 20.9 Å². The van der Waals surface area contributed by atoms with Crippen molar-refractivity contribution in [2.75, 3.05) is 11.9 Å². The first-order valence-electron chi connectivity index (χ1n) is 9.73. The number of hydrogen-bond donors (Lipinski definition) is 4. The third kappa shape index (κ3) is 5.66. The highest BCUT2D eigenvalue weighted by molar-refractivity contribution is 6.31. The SMILES string of the molecule is CC(C)NC(=O)CCNC(=O)[C@H](C)Nc1nc(-c2c[nH]c3ncc(Cl)cc23)ncc1F. The number of hydrogen-bond acceptors (Lipinski definition) is 6. The lowest BCUT2D eigenvalue weighted by molar-refractivity contribution is -0.122. The normalized spacial score (nSPS) is 12.1. The summed E-state index contributed by atoms with van der Waals surface area (Å²) in [5.74, 6) is -1.11. The maximum atomic E-state index is 14.3. The quantitative estimate of drug-likeness (QED) is 0.420. The van der Waals surface area contributed by atoms with Crippen LogP contribution in [0.15, 0.2) is 24.7 Å². The largest absolute Gasteiger partial charge is 0.356 e. The summed E-state index contributed by atoms with van der Waals surface area (Å²) in [5.41, 5.74) is 1.19. The molecule has 0 unspecified atom stereocenters. The summed E-state index contributed by atoms with van der Waals surface area (Å²) < 4.78 is 14.3. The van der Waals surface area contributed by atoms with E-state index in [2.05, 4.69) is 35.9 Å². The molecule has 0 saturated carbocycles. The summed E-state index contributed by atoms with van der Waals surface area (Å²) in [6.45, 7) is 5.45. The van der Waals surface area contributed by atoms with Crippen molar-refractivity contribution in [3.63, 3.8) is 0 Å². The van der Waals surface area contributed by atoms with Crippen molar-refractivity contribution in [2.24, 2.45) is 0 Å². The molecule has 9 nitrogen and oxygen atoms in total. The van der Waals surface area contributed by atoms with Crippen molar-refractivity contribution in [1.82, 2.24) is 30.6 Å². The number of fused-ring (bicyclic) bond motifs is 1. The number of aromatic nitrogens is 4. The van der Waals surface area contributed by atoms with Gasteiger partial charge in [-0.3, -0.25) is 9.59 Å². The number of nitrogens with zero attached hydrogens (tertiary/aromatic N) is 3. The first-order valence-corrected chi connectivity index (χ1v) is 10.1. The smallest absolute Gasteiger partial charge is 0.242 e. The fraction of sp³-hybridized carbons (Fsp3) is 0.350. The van der Waals surface area contributed by atoms with Crippen molar-refractivity contribution < 1.29 is 14.0 Å². The number of halogens is 2. The molecule has 2 amide bonds. The molecule has 0 spiro atoms. The fourth-order valence-corrected chi connectivity index (χ4v) is 3.04. The molecule has 0 bridgehead atoms. The topological polar surface area (TPSA) is 125 Å². The Morgan fingerprint density at radius 3 is 2.74 bits per heavy atom. The summed E-state index contributed by atoms with van der Waals surface area (Å²) in [5, 5.41) is 9.27. The monoisotopic (exact) mass is 447 g/mol. The van der Waals surface area contributed by atoms with E-state index >= 15 is 0 Å². The molecule has 1 atom stereocenters. The van der Waals surface area contributed by atoms with Crippen LogP contribution in [0.25, 0.3) is 22.4 Å². The zero-order chi connectivity index (χ0) is 22.5. The molecule has 4 N–H and O–H groups in total. The van der Waals surface area contributed by atoms with Crippen LogP contribution in [0.2, 0.25) is 5.02 Å². The van der Waals surface area contributed by atoms with Crippen molar-refractivity contribution >= 4 is 40.3 Å². The van der Waals surface area contributed by atoms with Crippen LogP contribution in [0.3, 0.4) is 0 Å². The van der Waals surface area contributed by atoms with Crippen LogP contribution in [-0.4, -0.2) is 50.4 Å². The van der Waals surface area contributed by atoms with Crippen LogP contribution in [-0.2, 0) is 9.59 Å². The highest BCUT2D eigenvalue weighted by Crippen LogP contribution is 2.28. The van der Waals surface area contributed by atoms with E-state index in [-0.39, 0.29) is 42.5 Å². The minimum atomic E-state index is -0.788. The Balaban J connectivity index is 1.68. The summed E-state index contributed by atoms with van der Waals surface area (Å²) in [7, 11) is 0. The van der Waals surface area contributed by atoms with Gasteiger partial charge in [-0.2, -0.15) is 0 Å². The van der Waals surface area contributed by atoms with E-state index in [9.17, 15) is 14.0 Å². The van der Waals surface area contributed by atoms with Gasteiger partial charge in [-0.05, 0) is 26.8 Å². The van der Waals surface area contributed by atoms with Crippen molar-refractivity contribution in [2.45, 2.75) is 39.3 Å². The van der Waals surface area contributed by atoms with E-state index in [0.29, 0.717) is 21.6 Å². The predicted molar refractivity (Wildman–Crippen MR) is 116 cm³/mol. The second kappa shape index (κ2) is 9.69. The molecule has 3 rings (SSSR count). The summed E-state index contributed by atoms with van der Waals surface area (Å²) >= 11 is 6.02. The van der Waals surface area contributed by atoms with E-state index in [0.717, 1.165) is 6.20 Å². The molecule has 0 fully saturated rings. The molecular formula is C20H23ClFN7O2. The summed E-state index contributed by atoms with van der Waals surface area (Å²) in [6.07, 6.45) is 4.35. The number of anilines is 1. The maximum Gasteiger partial charge on any atom is 0.242 e. The number of amides is 2. The molecule has 0 aliphatic heterocycles. The van der Waals surface area contributed by atoms with Crippen molar-refractivity contribution in [3.05, 3.63) is 35.5 Å². The van der Waals surface area contributed by atoms with E-state index in [1.54, 1.807) is 19.2 Å². The Morgan fingerprint density at radius 1 is 1.23 bits per heavy atom. The molecule has 0 saturated heterocycles. The number of carbonyl (C=O) groups excluding carboxylic acids is 2. The minimum absolute atomic E-state index is 0.0303. The average Bonchev–Trinajstić information content (AvgIpc) is 3.12. The number of rotatable bonds is 8. The van der Waals surface area contributed by atoms with Crippen LogP contribution in [0.4, 0.5) is 10.2 Å². The lowest BCUT2D eigenvalue weighted by Crippen LogP contribution is -2.40. The third-order valence-corrected chi connectivity index (χ3v) is 4.54. The first kappa shape index (κ1) is 22.4. The molecule has 164 valence electrons. The Bertz CT molecular complexity index is 1100. The average molecular weight is 448 g/mol. The van der Waals surface area contributed by atoms with Gasteiger partial charge in [-0.1, -0.05) is 11.6 Å². The highest BCUT2D eigenvalue weighted by atomic mass is 35.5. The molecular weight excluding hydrogens is 425 g/mol. The maximum absolute atomic E-state index is 14.3. The van der Waals surface area contributed by atoms with Gasteiger partial charge in [0.1, 0.15) is 11.7 Å². The predicted octanol–water partition coefficient (Wildman–Crippen LogP) is 2.64. The van der Waals surface area contributed by atoms with Crippen molar-refractivity contribution in [3.8, 4) is 11.4 Å². The fourth-order valence-electron chi connectivity index (χ4n) is 2.88. The number of H-pyrrole nitrogens is 1. The molecule has 0 aromatic carbocycles. The molecule has 31 heavy (non-hydrogen) atoms. The Morgan fingerprint density at radius 2 is 2.00 bits per heavy atom. The van der Waals surface area contributed by atoms with E-state index in [1.165, 1.54) is 6.20 Å². The zero-order valence-corrected chi connectivity index (χ0v) is 18.0. The van der Waals surface area contributed by atoms with Gasteiger partial charge in [-0.15, -0.1) is 0 Å². The second-order valence-corrected chi connectivity index (χ2v) is 7.71. The van der Waals surface area contributed by atoms with E-state index in [4.69, 9.17) is 11.6 Å². The summed E-state index contributed by atoms with van der Waals surface area (Å²) in [4.78, 5) is 39.4. The van der Waals surface area contributed by atoms with E-state index < -0.39 is 11.9 Å². The van der Waals surface area contributed by atoms with Gasteiger partial charge in [0.05, 0.1) is 11.2 Å². The molecule has 11 heteroatoms. The van der Waals surface area contributed by atoms with Gasteiger partial charge in [-0.25, -0.2) is 19.3 Å². The van der Waals surface area contributed by atoms with Crippen molar-refractivity contribution in [1.29, 1.82) is 0 Å².